The Kier molecular flexibility index (Phi) is 5.92. The molecule has 2 heterocycles. The van der Waals surface area contributed by atoms with Crippen LogP contribution in [-0.2, 0) is 11.3 Å². The predicted molar refractivity (Wildman–Crippen MR) is 104 cm³/mol. The number of nitrogens with one attached hydrogen (secondary N) is 1. The molecule has 0 fully saturated rings. The van der Waals surface area contributed by atoms with Crippen molar-refractivity contribution in [1.82, 2.24) is 24.5 Å². The van der Waals surface area contributed by atoms with Crippen LogP contribution in [0.2, 0.25) is 0 Å². The molecule has 0 bridgehead atoms. The molecular formula is C18H23N5O2S. The Hall–Kier alpha value is -2.35. The van der Waals surface area contributed by atoms with Gasteiger partial charge in [0.1, 0.15) is 0 Å². The van der Waals surface area contributed by atoms with Crippen LogP contribution in [0.3, 0.4) is 0 Å². The second-order valence-electron chi connectivity index (χ2n) is 6.08. The molecule has 0 radical (unpaired) electrons. The summed E-state index contributed by atoms with van der Waals surface area (Å²) in [5.41, 5.74) is 0.704. The lowest BCUT2D eigenvalue weighted by molar-refractivity contribution is -0.118. The second-order valence-corrected chi connectivity index (χ2v) is 7.03. The van der Waals surface area contributed by atoms with Crippen LogP contribution in [-0.4, -0.2) is 37.4 Å². The Bertz CT molecular complexity index is 979. The Morgan fingerprint density at radius 1 is 1.19 bits per heavy atom. The molecule has 0 aliphatic rings. The number of carbonyl (C=O) groups excluding carboxylic acids is 1. The first-order valence-corrected chi connectivity index (χ1v) is 9.92. The molecule has 7 nitrogen and oxygen atoms in total. The van der Waals surface area contributed by atoms with E-state index in [1.807, 2.05) is 35.6 Å². The van der Waals surface area contributed by atoms with Gasteiger partial charge in [0.05, 0.1) is 16.7 Å². The summed E-state index contributed by atoms with van der Waals surface area (Å²) in [5, 5.41) is 12.6. The number of hydrogen-bond acceptors (Lipinski definition) is 5. The maximum absolute atomic E-state index is 12.8. The summed E-state index contributed by atoms with van der Waals surface area (Å²) in [7, 11) is 0. The van der Waals surface area contributed by atoms with E-state index in [0.717, 1.165) is 24.8 Å². The molecule has 0 unspecified atom stereocenters. The van der Waals surface area contributed by atoms with Crippen LogP contribution in [0.25, 0.3) is 16.7 Å². The number of unbranched alkanes of at least 4 members (excludes halogenated alkanes) is 1. The molecule has 0 aliphatic carbocycles. The first-order chi connectivity index (χ1) is 12.7. The van der Waals surface area contributed by atoms with Crippen molar-refractivity contribution in [1.29, 1.82) is 0 Å². The number of benzene rings is 1. The van der Waals surface area contributed by atoms with E-state index in [0.29, 0.717) is 29.4 Å². The Balaban J connectivity index is 1.97. The highest BCUT2D eigenvalue weighted by molar-refractivity contribution is 7.99. The van der Waals surface area contributed by atoms with E-state index < -0.39 is 0 Å². The van der Waals surface area contributed by atoms with Gasteiger partial charge in [-0.1, -0.05) is 44.2 Å². The van der Waals surface area contributed by atoms with Crippen LogP contribution in [0.15, 0.2) is 34.2 Å². The van der Waals surface area contributed by atoms with Gasteiger partial charge in [0.15, 0.2) is 5.16 Å². The molecule has 1 amide bonds. The van der Waals surface area contributed by atoms with E-state index in [2.05, 4.69) is 22.4 Å². The van der Waals surface area contributed by atoms with Gasteiger partial charge in [-0.15, -0.1) is 10.2 Å². The van der Waals surface area contributed by atoms with E-state index in [4.69, 9.17) is 0 Å². The number of rotatable bonds is 8. The minimum Gasteiger partial charge on any atom is -0.355 e. The first kappa shape index (κ1) is 18.4. The normalized spacial score (nSPS) is 11.3. The molecule has 2 aromatic heterocycles. The summed E-state index contributed by atoms with van der Waals surface area (Å²) in [4.78, 5) is 24.8. The molecule has 0 atom stereocenters. The molecule has 1 N–H and O–H groups in total. The van der Waals surface area contributed by atoms with E-state index in [1.54, 1.807) is 4.57 Å². The van der Waals surface area contributed by atoms with Crippen molar-refractivity contribution in [3.8, 4) is 0 Å². The SMILES string of the molecule is CCCCNC(=O)CSc1nnc2n(CCC)c(=O)c3ccccc3n12. The molecular weight excluding hydrogens is 350 g/mol. The molecule has 8 heteroatoms. The van der Waals surface area contributed by atoms with E-state index in [9.17, 15) is 9.59 Å². The fourth-order valence-corrected chi connectivity index (χ4v) is 3.61. The number of aryl methyl sites for hydroxylation is 1. The molecule has 3 rings (SSSR count). The first-order valence-electron chi connectivity index (χ1n) is 8.93. The number of aromatic nitrogens is 4. The second kappa shape index (κ2) is 8.35. The van der Waals surface area contributed by atoms with Crippen LogP contribution < -0.4 is 10.9 Å². The van der Waals surface area contributed by atoms with E-state index in [1.165, 1.54) is 11.8 Å². The van der Waals surface area contributed by atoms with Crippen LogP contribution in [0.5, 0.6) is 0 Å². The highest BCUT2D eigenvalue weighted by Gasteiger charge is 2.17. The van der Waals surface area contributed by atoms with Gasteiger partial charge in [0, 0.05) is 13.1 Å². The number of thioether (sulfide) groups is 1. The van der Waals surface area contributed by atoms with E-state index in [-0.39, 0.29) is 17.2 Å². The lowest BCUT2D eigenvalue weighted by atomic mass is 10.2. The van der Waals surface area contributed by atoms with Gasteiger partial charge in [-0.05, 0) is 25.0 Å². The Labute approximate surface area is 155 Å². The van der Waals surface area contributed by atoms with Crippen molar-refractivity contribution in [2.24, 2.45) is 0 Å². The number of amides is 1. The zero-order valence-electron chi connectivity index (χ0n) is 15.1. The zero-order chi connectivity index (χ0) is 18.5. The minimum absolute atomic E-state index is 0.0219. The Morgan fingerprint density at radius 2 is 2.00 bits per heavy atom. The highest BCUT2D eigenvalue weighted by Crippen LogP contribution is 2.21. The quantitative estimate of drug-likeness (QED) is 0.485. The Morgan fingerprint density at radius 3 is 2.77 bits per heavy atom. The van der Waals surface area contributed by atoms with Crippen LogP contribution in [0, 0.1) is 0 Å². The van der Waals surface area contributed by atoms with Crippen molar-refractivity contribution < 1.29 is 4.79 Å². The van der Waals surface area contributed by atoms with Crippen LogP contribution in [0.1, 0.15) is 33.1 Å². The summed E-state index contributed by atoms with van der Waals surface area (Å²) >= 11 is 1.33. The number of nitrogens with zero attached hydrogens (tertiary/aromatic N) is 4. The monoisotopic (exact) mass is 373 g/mol. The lowest BCUT2D eigenvalue weighted by Crippen LogP contribution is -2.26. The fraction of sp³-hybridized carbons (Fsp3) is 0.444. The smallest absolute Gasteiger partial charge is 0.262 e. The topological polar surface area (TPSA) is 81.3 Å². The number of para-hydroxylation sites is 1. The van der Waals surface area contributed by atoms with Crippen molar-refractivity contribution in [3.05, 3.63) is 34.6 Å². The fourth-order valence-electron chi connectivity index (χ4n) is 2.84. The molecule has 138 valence electrons. The third kappa shape index (κ3) is 3.60. The molecule has 3 aromatic rings. The van der Waals surface area contributed by atoms with Gasteiger partial charge in [-0.3, -0.25) is 18.6 Å². The molecule has 0 saturated heterocycles. The lowest BCUT2D eigenvalue weighted by Gasteiger charge is -2.10. The van der Waals surface area contributed by atoms with Gasteiger partial charge >= 0.3 is 0 Å². The van der Waals surface area contributed by atoms with Gasteiger partial charge in [0.25, 0.3) is 5.56 Å². The third-order valence-electron chi connectivity index (χ3n) is 4.11. The summed E-state index contributed by atoms with van der Waals surface area (Å²) in [6.07, 6.45) is 2.84. The molecule has 0 spiro atoms. The van der Waals surface area contributed by atoms with Gasteiger partial charge in [0.2, 0.25) is 11.7 Å². The zero-order valence-corrected chi connectivity index (χ0v) is 15.9. The van der Waals surface area contributed by atoms with Crippen molar-refractivity contribution in [3.63, 3.8) is 0 Å². The maximum Gasteiger partial charge on any atom is 0.262 e. The molecule has 26 heavy (non-hydrogen) atoms. The molecule has 1 aromatic carbocycles. The summed E-state index contributed by atoms with van der Waals surface area (Å²) in [6.45, 7) is 5.37. The largest absolute Gasteiger partial charge is 0.355 e. The number of fused-ring (bicyclic) bond motifs is 3. The summed E-state index contributed by atoms with van der Waals surface area (Å²) in [6, 6.07) is 7.44. The van der Waals surface area contributed by atoms with Crippen molar-refractivity contribution in [2.45, 2.75) is 44.8 Å². The predicted octanol–water partition coefficient (Wildman–Crippen LogP) is 2.46. The molecule has 0 aliphatic heterocycles. The summed E-state index contributed by atoms with van der Waals surface area (Å²) < 4.78 is 3.52. The number of carbonyl (C=O) groups is 1. The molecule has 0 saturated carbocycles. The van der Waals surface area contributed by atoms with Crippen molar-refractivity contribution >= 4 is 34.3 Å². The standard InChI is InChI=1S/C18H23N5O2S/c1-3-5-10-19-15(24)12-26-18-21-20-17-22(11-4-2)16(25)13-8-6-7-9-14(13)23(17)18/h6-9H,3-5,10-12H2,1-2H3,(H,19,24). The average molecular weight is 373 g/mol. The van der Waals surface area contributed by atoms with Crippen LogP contribution in [0.4, 0.5) is 0 Å². The van der Waals surface area contributed by atoms with Gasteiger partial charge in [-0.25, -0.2) is 0 Å². The van der Waals surface area contributed by atoms with Crippen molar-refractivity contribution in [2.75, 3.05) is 12.3 Å². The average Bonchev–Trinajstić information content (AvgIpc) is 3.07. The minimum atomic E-state index is -0.0591. The number of hydrogen-bond donors (Lipinski definition) is 1. The van der Waals surface area contributed by atoms with Gasteiger partial charge in [-0.2, -0.15) is 0 Å². The van der Waals surface area contributed by atoms with Crippen LogP contribution >= 0.6 is 11.8 Å². The highest BCUT2D eigenvalue weighted by atomic mass is 32.2. The van der Waals surface area contributed by atoms with E-state index >= 15 is 0 Å². The summed E-state index contributed by atoms with van der Waals surface area (Å²) in [5.74, 6) is 0.766. The van der Waals surface area contributed by atoms with Gasteiger partial charge < -0.3 is 5.32 Å². The maximum atomic E-state index is 12.8. The third-order valence-corrected chi connectivity index (χ3v) is 5.04.